The standard InChI is InChI=1S/C14H19ClN5O8PS/c1-3-27-12(23)14(30-2,29(24,25)26)8-6(21)7(22)11(28-8)20-4-17-5-9(16)18-13(15)19-10(5)20/h4,6-8,11,21-22H,3H2,1-2H3,(H2,16,18,19)(H2,24,25,26)/t6-,7+,8-,11+,14?/m0/s1. The van der Waals surface area contributed by atoms with Crippen molar-refractivity contribution >= 4 is 53.9 Å². The monoisotopic (exact) mass is 483 g/mol. The Morgan fingerprint density at radius 1 is 1.43 bits per heavy atom. The highest BCUT2D eigenvalue weighted by Gasteiger charge is 2.67. The number of hydrogen-bond donors (Lipinski definition) is 5. The molecule has 0 saturated carbocycles. The molecule has 0 bridgehead atoms. The predicted octanol–water partition coefficient (Wildman–Crippen LogP) is -0.519. The zero-order chi connectivity index (χ0) is 22.4. The molecule has 2 aromatic rings. The van der Waals surface area contributed by atoms with Crippen LogP contribution in [0.15, 0.2) is 6.33 Å². The van der Waals surface area contributed by atoms with E-state index in [-0.39, 0.29) is 28.9 Å². The van der Waals surface area contributed by atoms with E-state index in [1.807, 2.05) is 0 Å². The maximum absolute atomic E-state index is 12.6. The minimum atomic E-state index is -5.27. The van der Waals surface area contributed by atoms with Crippen molar-refractivity contribution in [2.24, 2.45) is 0 Å². The third-order valence-corrected chi connectivity index (χ3v) is 8.39. The zero-order valence-electron chi connectivity index (χ0n) is 15.6. The number of rotatable bonds is 6. The topological polar surface area (TPSA) is 203 Å². The van der Waals surface area contributed by atoms with Crippen LogP contribution in [0.25, 0.3) is 11.2 Å². The Labute approximate surface area is 178 Å². The van der Waals surface area contributed by atoms with E-state index in [4.69, 9.17) is 26.8 Å². The molecule has 16 heteroatoms. The van der Waals surface area contributed by atoms with E-state index in [1.165, 1.54) is 24.1 Å². The van der Waals surface area contributed by atoms with Crippen LogP contribution in [0, 0.1) is 0 Å². The number of carbonyl (C=O) groups excluding carboxylic acids is 1. The smallest absolute Gasteiger partial charge is 0.355 e. The lowest BCUT2D eigenvalue weighted by atomic mass is 10.1. The summed E-state index contributed by atoms with van der Waals surface area (Å²) in [6.45, 7) is 1.29. The van der Waals surface area contributed by atoms with E-state index >= 15 is 0 Å². The Morgan fingerprint density at radius 2 is 2.10 bits per heavy atom. The number of imidazole rings is 1. The van der Waals surface area contributed by atoms with Crippen molar-refractivity contribution in [2.45, 2.75) is 36.0 Å². The van der Waals surface area contributed by atoms with E-state index < -0.39 is 42.6 Å². The number of halogens is 1. The van der Waals surface area contributed by atoms with Crippen LogP contribution in [0.4, 0.5) is 5.82 Å². The molecule has 0 aliphatic carbocycles. The summed E-state index contributed by atoms with van der Waals surface area (Å²) >= 11 is 6.28. The number of aliphatic hydroxyl groups excluding tert-OH is 2. The van der Waals surface area contributed by atoms with Gasteiger partial charge < -0.3 is 35.2 Å². The summed E-state index contributed by atoms with van der Waals surface area (Å²) in [6.07, 6.45) is -4.40. The molecule has 30 heavy (non-hydrogen) atoms. The summed E-state index contributed by atoms with van der Waals surface area (Å²) in [5.41, 5.74) is 5.92. The lowest BCUT2D eigenvalue weighted by Crippen LogP contribution is -2.52. The number of fused-ring (bicyclic) bond motifs is 1. The first-order chi connectivity index (χ1) is 14.0. The molecule has 1 unspecified atom stereocenters. The second kappa shape index (κ2) is 8.20. The molecular weight excluding hydrogens is 465 g/mol. The van der Waals surface area contributed by atoms with Gasteiger partial charge in [-0.25, -0.2) is 9.78 Å². The second-order valence-corrected chi connectivity index (χ2v) is 9.78. The Morgan fingerprint density at radius 3 is 2.67 bits per heavy atom. The zero-order valence-corrected chi connectivity index (χ0v) is 18.1. The van der Waals surface area contributed by atoms with Crippen LogP contribution in [0.2, 0.25) is 5.28 Å². The first kappa shape index (κ1) is 23.2. The molecule has 0 amide bonds. The van der Waals surface area contributed by atoms with Crippen LogP contribution in [0.3, 0.4) is 0 Å². The number of anilines is 1. The van der Waals surface area contributed by atoms with E-state index in [0.717, 1.165) is 0 Å². The lowest BCUT2D eigenvalue weighted by Gasteiger charge is -2.35. The Bertz CT molecular complexity index is 1020. The number of nitrogens with zero attached hydrogens (tertiary/aromatic N) is 4. The van der Waals surface area contributed by atoms with Gasteiger partial charge in [-0.1, -0.05) is 0 Å². The molecular formula is C14H19ClN5O8PS. The number of thioether (sulfide) groups is 1. The number of nitrogens with two attached hydrogens (primary N) is 1. The van der Waals surface area contributed by atoms with E-state index in [1.54, 1.807) is 0 Å². The molecule has 1 saturated heterocycles. The van der Waals surface area contributed by atoms with Gasteiger partial charge in [-0.15, -0.1) is 11.8 Å². The highest BCUT2D eigenvalue weighted by Crippen LogP contribution is 2.62. The van der Waals surface area contributed by atoms with Crippen molar-refractivity contribution < 1.29 is 38.8 Å². The van der Waals surface area contributed by atoms with Crippen LogP contribution >= 0.6 is 31.0 Å². The molecule has 0 aromatic carbocycles. The minimum Gasteiger partial charge on any atom is -0.464 e. The normalized spacial score (nSPS) is 26.6. The van der Waals surface area contributed by atoms with Gasteiger partial charge in [0.05, 0.1) is 12.9 Å². The molecule has 3 heterocycles. The summed E-state index contributed by atoms with van der Waals surface area (Å²) in [6, 6.07) is 0. The number of carbonyl (C=O) groups is 1. The van der Waals surface area contributed by atoms with Crippen LogP contribution < -0.4 is 5.73 Å². The van der Waals surface area contributed by atoms with Crippen LogP contribution in [-0.2, 0) is 18.8 Å². The molecule has 5 atom stereocenters. The van der Waals surface area contributed by atoms with Crippen molar-refractivity contribution in [1.29, 1.82) is 0 Å². The maximum atomic E-state index is 12.6. The van der Waals surface area contributed by atoms with Crippen LogP contribution in [-0.4, -0.2) is 81.2 Å². The lowest BCUT2D eigenvalue weighted by molar-refractivity contribution is -0.149. The van der Waals surface area contributed by atoms with Gasteiger partial charge in [0.15, 0.2) is 17.7 Å². The number of esters is 1. The number of aromatic nitrogens is 4. The van der Waals surface area contributed by atoms with Gasteiger partial charge >= 0.3 is 13.6 Å². The van der Waals surface area contributed by atoms with E-state index in [2.05, 4.69) is 15.0 Å². The number of ether oxygens (including phenoxy) is 2. The van der Waals surface area contributed by atoms with Crippen molar-refractivity contribution in [1.82, 2.24) is 19.5 Å². The third kappa shape index (κ3) is 3.46. The summed E-state index contributed by atoms with van der Waals surface area (Å²) in [5, 5.41) is 21.0. The molecule has 1 fully saturated rings. The highest BCUT2D eigenvalue weighted by molar-refractivity contribution is 8.06. The number of hydrogen-bond acceptors (Lipinski definition) is 11. The molecule has 13 nitrogen and oxygen atoms in total. The van der Waals surface area contributed by atoms with Gasteiger partial charge in [-0.3, -0.25) is 9.13 Å². The van der Waals surface area contributed by atoms with Gasteiger partial charge in [-0.05, 0) is 24.8 Å². The summed E-state index contributed by atoms with van der Waals surface area (Å²) in [7, 11) is -5.27. The average molecular weight is 484 g/mol. The highest BCUT2D eigenvalue weighted by atomic mass is 35.5. The van der Waals surface area contributed by atoms with Crippen LogP contribution in [0.5, 0.6) is 0 Å². The largest absolute Gasteiger partial charge is 0.464 e. The Balaban J connectivity index is 2.10. The Kier molecular flexibility index (Phi) is 6.33. The van der Waals surface area contributed by atoms with E-state index in [0.29, 0.717) is 11.8 Å². The fourth-order valence-electron chi connectivity index (χ4n) is 3.26. The van der Waals surface area contributed by atoms with Crippen LogP contribution in [0.1, 0.15) is 13.2 Å². The SMILES string of the molecule is CCOC(=O)C(SC)([C@H]1O[C@@H](n2cnc3c(N)nc(Cl)nc32)[C@H](O)[C@@H]1O)P(=O)(O)O. The molecule has 3 rings (SSSR count). The van der Waals surface area contributed by atoms with Crippen molar-refractivity contribution in [3.63, 3.8) is 0 Å². The van der Waals surface area contributed by atoms with Gasteiger partial charge in [0.1, 0.15) is 23.8 Å². The van der Waals surface area contributed by atoms with Crippen molar-refractivity contribution in [3.8, 4) is 0 Å². The summed E-state index contributed by atoms with van der Waals surface area (Å²) in [4.78, 5) is 44.3. The summed E-state index contributed by atoms with van der Waals surface area (Å²) < 4.78 is 21.4. The molecule has 6 N–H and O–H groups in total. The molecule has 1 aliphatic heterocycles. The predicted molar refractivity (Wildman–Crippen MR) is 106 cm³/mol. The molecule has 0 spiro atoms. The average Bonchev–Trinajstić information content (AvgIpc) is 3.18. The summed E-state index contributed by atoms with van der Waals surface area (Å²) in [5.74, 6) is -1.33. The van der Waals surface area contributed by atoms with Gasteiger partial charge in [0.2, 0.25) is 9.77 Å². The fraction of sp³-hybridized carbons (Fsp3) is 0.571. The minimum absolute atomic E-state index is 0.0477. The maximum Gasteiger partial charge on any atom is 0.355 e. The van der Waals surface area contributed by atoms with Crippen molar-refractivity contribution in [2.75, 3.05) is 18.6 Å². The molecule has 1 aliphatic rings. The molecule has 0 radical (unpaired) electrons. The number of aliphatic hydroxyl groups is 2. The second-order valence-electron chi connectivity index (χ2n) is 6.30. The van der Waals surface area contributed by atoms with Gasteiger partial charge in [0.25, 0.3) is 0 Å². The first-order valence-corrected chi connectivity index (χ1v) is 11.7. The molecule has 2 aromatic heterocycles. The van der Waals surface area contributed by atoms with E-state index in [9.17, 15) is 29.4 Å². The number of nitrogen functional groups attached to an aromatic ring is 1. The third-order valence-electron chi connectivity index (χ3n) is 4.63. The molecule has 166 valence electrons. The van der Waals surface area contributed by atoms with Crippen molar-refractivity contribution in [3.05, 3.63) is 11.6 Å². The van der Waals surface area contributed by atoms with Gasteiger partial charge in [-0.2, -0.15) is 9.97 Å². The fourth-order valence-corrected chi connectivity index (χ4v) is 5.89. The quantitative estimate of drug-likeness (QED) is 0.199. The Hall–Kier alpha value is -1.51. The van der Waals surface area contributed by atoms with Gasteiger partial charge in [0, 0.05) is 0 Å². The first-order valence-electron chi connectivity index (χ1n) is 8.44.